The van der Waals surface area contributed by atoms with E-state index in [0.29, 0.717) is 18.5 Å². The molecule has 1 unspecified atom stereocenters. The Bertz CT molecular complexity index is 866. The molecule has 0 bridgehead atoms. The number of likely N-dealkylation sites (tertiary alicyclic amines) is 1. The van der Waals surface area contributed by atoms with Gasteiger partial charge in [-0.25, -0.2) is 9.97 Å². The number of carbonyl (C=O) groups excluding carboxylic acids is 1. The lowest BCUT2D eigenvalue weighted by Crippen LogP contribution is -2.54. The molecule has 0 spiro atoms. The van der Waals surface area contributed by atoms with Crippen LogP contribution in [0.25, 0.3) is 0 Å². The van der Waals surface area contributed by atoms with E-state index < -0.39 is 5.60 Å². The van der Waals surface area contributed by atoms with Crippen LogP contribution in [-0.2, 0) is 6.54 Å². The summed E-state index contributed by atoms with van der Waals surface area (Å²) >= 11 is 0. The van der Waals surface area contributed by atoms with Crippen molar-refractivity contribution in [3.05, 3.63) is 53.5 Å². The molecule has 2 aromatic rings. The molecule has 2 N–H and O–H groups in total. The Morgan fingerprint density at radius 3 is 2.63 bits per heavy atom. The van der Waals surface area contributed by atoms with Crippen molar-refractivity contribution in [3.8, 4) is 0 Å². The number of amides is 1. The summed E-state index contributed by atoms with van der Waals surface area (Å²) in [6, 6.07) is 9.74. The van der Waals surface area contributed by atoms with E-state index in [4.69, 9.17) is 0 Å². The first kappa shape index (κ1) is 20.8. The average molecular weight is 410 g/mol. The van der Waals surface area contributed by atoms with Gasteiger partial charge in [0.2, 0.25) is 0 Å². The highest BCUT2D eigenvalue weighted by Crippen LogP contribution is 2.24. The minimum atomic E-state index is -0.970. The van der Waals surface area contributed by atoms with E-state index in [1.165, 1.54) is 18.4 Å². The second-order valence-electron chi connectivity index (χ2n) is 8.63. The predicted octanol–water partition coefficient (Wildman–Crippen LogP) is 2.14. The van der Waals surface area contributed by atoms with Crippen molar-refractivity contribution in [2.24, 2.45) is 0 Å². The minimum Gasteiger partial charge on any atom is -0.386 e. The number of aryl methyl sites for hydroxylation is 1. The van der Waals surface area contributed by atoms with Crippen LogP contribution in [0.2, 0.25) is 0 Å². The standard InChI is InChI=1S/C23H31N5O2/c1-18-13-21(26-17-25-18)28-12-4-9-23(30,16-28)15-24-22(29)20-7-5-19(6-8-20)14-27-10-2-3-11-27/h5-8,13,17,30H,2-4,9-12,14-16H2,1H3,(H,24,29). The van der Waals surface area contributed by atoms with Crippen LogP contribution < -0.4 is 10.2 Å². The molecule has 4 rings (SSSR count). The van der Waals surface area contributed by atoms with Crippen LogP contribution in [0.4, 0.5) is 5.82 Å². The molecule has 0 saturated carbocycles. The van der Waals surface area contributed by atoms with Gasteiger partial charge in [-0.15, -0.1) is 0 Å². The Kier molecular flexibility index (Phi) is 6.29. The first-order chi connectivity index (χ1) is 14.5. The maximum Gasteiger partial charge on any atom is 0.251 e. The van der Waals surface area contributed by atoms with Crippen LogP contribution in [0, 0.1) is 6.92 Å². The molecule has 0 aliphatic carbocycles. The quantitative estimate of drug-likeness (QED) is 0.761. The van der Waals surface area contributed by atoms with Crippen molar-refractivity contribution in [2.45, 2.75) is 44.8 Å². The van der Waals surface area contributed by atoms with E-state index in [-0.39, 0.29) is 12.5 Å². The molecule has 2 aliphatic rings. The summed E-state index contributed by atoms with van der Waals surface area (Å²) in [5.74, 6) is 0.673. The molecule has 2 fully saturated rings. The van der Waals surface area contributed by atoms with E-state index in [9.17, 15) is 9.90 Å². The molecule has 30 heavy (non-hydrogen) atoms. The molecule has 1 atom stereocenters. The lowest BCUT2D eigenvalue weighted by molar-refractivity contribution is 0.0254. The number of aromatic nitrogens is 2. The molecule has 2 saturated heterocycles. The summed E-state index contributed by atoms with van der Waals surface area (Å²) in [4.78, 5) is 25.6. The maximum absolute atomic E-state index is 12.6. The van der Waals surface area contributed by atoms with Crippen molar-refractivity contribution in [1.29, 1.82) is 0 Å². The van der Waals surface area contributed by atoms with Gasteiger partial charge in [-0.3, -0.25) is 9.69 Å². The van der Waals surface area contributed by atoms with Gasteiger partial charge in [-0.2, -0.15) is 0 Å². The molecule has 1 aromatic carbocycles. The number of rotatable bonds is 6. The highest BCUT2D eigenvalue weighted by molar-refractivity contribution is 5.94. The van der Waals surface area contributed by atoms with Crippen LogP contribution in [0.3, 0.4) is 0 Å². The minimum absolute atomic E-state index is 0.147. The zero-order valence-electron chi connectivity index (χ0n) is 17.7. The number of piperidine rings is 1. The van der Waals surface area contributed by atoms with Gasteiger partial charge in [0.1, 0.15) is 12.1 Å². The number of anilines is 1. The van der Waals surface area contributed by atoms with E-state index in [1.54, 1.807) is 6.33 Å². The highest BCUT2D eigenvalue weighted by Gasteiger charge is 2.34. The lowest BCUT2D eigenvalue weighted by Gasteiger charge is -2.39. The summed E-state index contributed by atoms with van der Waals surface area (Å²) in [6.45, 7) is 6.70. The van der Waals surface area contributed by atoms with E-state index in [2.05, 4.69) is 25.1 Å². The average Bonchev–Trinajstić information content (AvgIpc) is 3.26. The van der Waals surface area contributed by atoms with Crippen LogP contribution in [-0.4, -0.2) is 64.2 Å². The van der Waals surface area contributed by atoms with Gasteiger partial charge in [0.15, 0.2) is 0 Å². The van der Waals surface area contributed by atoms with E-state index in [1.807, 2.05) is 37.3 Å². The van der Waals surface area contributed by atoms with Crippen molar-refractivity contribution in [3.63, 3.8) is 0 Å². The molecule has 7 nitrogen and oxygen atoms in total. The van der Waals surface area contributed by atoms with Gasteiger partial charge < -0.3 is 15.3 Å². The fourth-order valence-corrected chi connectivity index (χ4v) is 4.37. The van der Waals surface area contributed by atoms with Crippen LogP contribution in [0.15, 0.2) is 36.7 Å². The maximum atomic E-state index is 12.6. The topological polar surface area (TPSA) is 81.6 Å². The molecule has 7 heteroatoms. The fourth-order valence-electron chi connectivity index (χ4n) is 4.37. The Hall–Kier alpha value is -2.51. The number of aliphatic hydroxyl groups is 1. The van der Waals surface area contributed by atoms with Crippen LogP contribution in [0.1, 0.15) is 47.3 Å². The number of benzene rings is 1. The predicted molar refractivity (Wildman–Crippen MR) is 116 cm³/mol. The Balaban J connectivity index is 1.32. The van der Waals surface area contributed by atoms with Gasteiger partial charge in [0, 0.05) is 43.5 Å². The molecule has 160 valence electrons. The van der Waals surface area contributed by atoms with Crippen molar-refractivity contribution < 1.29 is 9.90 Å². The number of β-amino-alcohol motifs (C(OH)–C–C–N with tert-alkyl or cyclic N) is 1. The second-order valence-corrected chi connectivity index (χ2v) is 8.63. The number of nitrogens with one attached hydrogen (secondary N) is 1. The molecular formula is C23H31N5O2. The number of nitrogens with zero attached hydrogens (tertiary/aromatic N) is 4. The number of hydrogen-bond acceptors (Lipinski definition) is 6. The van der Waals surface area contributed by atoms with Crippen LogP contribution in [0.5, 0.6) is 0 Å². The highest BCUT2D eigenvalue weighted by atomic mass is 16.3. The van der Waals surface area contributed by atoms with Gasteiger partial charge >= 0.3 is 0 Å². The molecule has 1 amide bonds. The van der Waals surface area contributed by atoms with E-state index >= 15 is 0 Å². The Morgan fingerprint density at radius 2 is 1.90 bits per heavy atom. The molecule has 1 aromatic heterocycles. The summed E-state index contributed by atoms with van der Waals surface area (Å²) in [5.41, 5.74) is 1.79. The largest absolute Gasteiger partial charge is 0.386 e. The van der Waals surface area contributed by atoms with E-state index in [0.717, 1.165) is 44.1 Å². The third kappa shape index (κ3) is 5.15. The zero-order chi connectivity index (χ0) is 21.0. The summed E-state index contributed by atoms with van der Waals surface area (Å²) in [6.07, 6.45) is 5.60. The molecule has 2 aliphatic heterocycles. The van der Waals surface area contributed by atoms with Crippen molar-refractivity contribution >= 4 is 11.7 Å². The Morgan fingerprint density at radius 1 is 1.13 bits per heavy atom. The smallest absolute Gasteiger partial charge is 0.251 e. The molecule has 3 heterocycles. The monoisotopic (exact) mass is 409 g/mol. The number of carbonyl (C=O) groups is 1. The SMILES string of the molecule is Cc1cc(N2CCCC(O)(CNC(=O)c3ccc(CN4CCCC4)cc3)C2)ncn1. The summed E-state index contributed by atoms with van der Waals surface area (Å²) in [5, 5.41) is 14.0. The third-order valence-corrected chi connectivity index (χ3v) is 6.07. The summed E-state index contributed by atoms with van der Waals surface area (Å²) < 4.78 is 0. The lowest BCUT2D eigenvalue weighted by atomic mass is 9.92. The zero-order valence-corrected chi connectivity index (χ0v) is 17.7. The summed E-state index contributed by atoms with van der Waals surface area (Å²) in [7, 11) is 0. The van der Waals surface area contributed by atoms with Crippen molar-refractivity contribution in [2.75, 3.05) is 37.6 Å². The fraction of sp³-hybridized carbons (Fsp3) is 0.522. The van der Waals surface area contributed by atoms with Crippen LogP contribution >= 0.6 is 0 Å². The number of hydrogen-bond donors (Lipinski definition) is 2. The third-order valence-electron chi connectivity index (χ3n) is 6.07. The molecular weight excluding hydrogens is 378 g/mol. The second kappa shape index (κ2) is 9.10. The first-order valence-electron chi connectivity index (χ1n) is 10.9. The normalized spacial score (nSPS) is 22.3. The van der Waals surface area contributed by atoms with Gasteiger partial charge in [-0.05, 0) is 63.4 Å². The van der Waals surface area contributed by atoms with Crippen molar-refractivity contribution in [1.82, 2.24) is 20.2 Å². The van der Waals surface area contributed by atoms with Gasteiger partial charge in [-0.1, -0.05) is 12.1 Å². The van der Waals surface area contributed by atoms with Gasteiger partial charge in [0.25, 0.3) is 5.91 Å². The van der Waals surface area contributed by atoms with Gasteiger partial charge in [0.05, 0.1) is 5.60 Å². The first-order valence-corrected chi connectivity index (χ1v) is 10.9. The molecule has 0 radical (unpaired) electrons. The Labute approximate surface area is 178 Å².